The number of hydrogen-bond acceptors (Lipinski definition) is 6. The number of carbonyl (C=O) groups excluding carboxylic acids is 2. The number of halogens is 1. The fourth-order valence-corrected chi connectivity index (χ4v) is 3.09. The van der Waals surface area contributed by atoms with Gasteiger partial charge in [0.15, 0.2) is 17.7 Å². The van der Waals surface area contributed by atoms with Crippen molar-refractivity contribution in [1.82, 2.24) is 19.7 Å². The third-order valence-electron chi connectivity index (χ3n) is 4.32. The lowest BCUT2D eigenvalue weighted by atomic mass is 10.2. The minimum Gasteiger partial charge on any atom is -0.479 e. The van der Waals surface area contributed by atoms with Crippen LogP contribution in [0.2, 0.25) is 5.02 Å². The van der Waals surface area contributed by atoms with Crippen LogP contribution in [0.1, 0.15) is 13.3 Å². The van der Waals surface area contributed by atoms with Gasteiger partial charge >= 0.3 is 0 Å². The molecule has 1 atom stereocenters. The van der Waals surface area contributed by atoms with Crippen molar-refractivity contribution in [3.63, 3.8) is 0 Å². The van der Waals surface area contributed by atoms with Crippen molar-refractivity contribution >= 4 is 34.9 Å². The molecule has 1 unspecified atom stereocenters. The third kappa shape index (κ3) is 3.90. The number of pyridine rings is 2. The first-order valence-electron chi connectivity index (χ1n) is 8.94. The molecule has 0 bridgehead atoms. The summed E-state index contributed by atoms with van der Waals surface area (Å²) in [5, 5.41) is 7.30. The molecule has 0 aliphatic carbocycles. The Balaban J connectivity index is 1.52. The maximum Gasteiger partial charge on any atom is 0.269 e. The number of carbonyl (C=O) groups is 2. The van der Waals surface area contributed by atoms with Crippen LogP contribution >= 0.6 is 11.6 Å². The van der Waals surface area contributed by atoms with Crippen molar-refractivity contribution in [2.45, 2.75) is 19.4 Å². The average Bonchev–Trinajstić information content (AvgIpc) is 3.17. The van der Waals surface area contributed by atoms with Crippen molar-refractivity contribution in [3.05, 3.63) is 54.1 Å². The SMILES string of the molecule is CCC(Oc1ccc(-n2cc(Cl)cn2)nc1)C(=O)N1CC(=O)Nc2cccnc21. The van der Waals surface area contributed by atoms with E-state index in [4.69, 9.17) is 16.3 Å². The summed E-state index contributed by atoms with van der Waals surface area (Å²) in [6.45, 7) is 1.72. The fourth-order valence-electron chi connectivity index (χ4n) is 2.95. The topological polar surface area (TPSA) is 102 Å². The second kappa shape index (κ2) is 7.88. The van der Waals surface area contributed by atoms with Gasteiger partial charge in [-0.1, -0.05) is 18.5 Å². The Morgan fingerprint density at radius 3 is 2.86 bits per heavy atom. The first kappa shape index (κ1) is 18.9. The van der Waals surface area contributed by atoms with Crippen molar-refractivity contribution in [2.75, 3.05) is 16.8 Å². The molecule has 1 aliphatic rings. The van der Waals surface area contributed by atoms with E-state index >= 15 is 0 Å². The van der Waals surface area contributed by atoms with Crippen LogP contribution in [0.25, 0.3) is 5.82 Å². The van der Waals surface area contributed by atoms with Gasteiger partial charge in [-0.05, 0) is 30.7 Å². The van der Waals surface area contributed by atoms with Gasteiger partial charge < -0.3 is 10.1 Å². The lowest BCUT2D eigenvalue weighted by Gasteiger charge is -2.30. The Hall–Kier alpha value is -3.46. The predicted octanol–water partition coefficient (Wildman–Crippen LogP) is 2.46. The van der Waals surface area contributed by atoms with Crippen LogP contribution in [0.15, 0.2) is 49.1 Å². The van der Waals surface area contributed by atoms with Crippen LogP contribution in [0, 0.1) is 0 Å². The third-order valence-corrected chi connectivity index (χ3v) is 4.51. The minimum absolute atomic E-state index is 0.111. The highest BCUT2D eigenvalue weighted by molar-refractivity contribution is 6.30. The van der Waals surface area contributed by atoms with Gasteiger partial charge in [0.25, 0.3) is 5.91 Å². The molecule has 0 aromatic carbocycles. The summed E-state index contributed by atoms with van der Waals surface area (Å²) < 4.78 is 7.39. The molecule has 1 N–H and O–H groups in total. The number of ether oxygens (including phenoxy) is 1. The summed E-state index contributed by atoms with van der Waals surface area (Å²) in [5.74, 6) is 0.774. The van der Waals surface area contributed by atoms with Gasteiger partial charge in [0.2, 0.25) is 5.91 Å². The summed E-state index contributed by atoms with van der Waals surface area (Å²) in [6, 6.07) is 6.80. The number of aromatic nitrogens is 4. The molecular weight excluding hydrogens is 396 g/mol. The zero-order chi connectivity index (χ0) is 20.4. The fraction of sp³-hybridized carbons (Fsp3) is 0.211. The highest BCUT2D eigenvalue weighted by Gasteiger charge is 2.33. The molecule has 3 aromatic rings. The Morgan fingerprint density at radius 1 is 1.31 bits per heavy atom. The van der Waals surface area contributed by atoms with Crippen molar-refractivity contribution in [1.29, 1.82) is 0 Å². The van der Waals surface area contributed by atoms with Gasteiger partial charge in [0, 0.05) is 6.20 Å². The zero-order valence-electron chi connectivity index (χ0n) is 15.4. The van der Waals surface area contributed by atoms with E-state index in [1.807, 2.05) is 6.92 Å². The minimum atomic E-state index is -0.789. The number of amides is 2. The monoisotopic (exact) mass is 412 g/mol. The second-order valence-electron chi connectivity index (χ2n) is 6.32. The molecule has 0 fully saturated rings. The molecule has 0 radical (unpaired) electrons. The molecule has 0 spiro atoms. The lowest BCUT2D eigenvalue weighted by molar-refractivity contribution is -0.127. The highest BCUT2D eigenvalue weighted by atomic mass is 35.5. The first-order valence-corrected chi connectivity index (χ1v) is 9.32. The smallest absolute Gasteiger partial charge is 0.269 e. The molecule has 3 aromatic heterocycles. The van der Waals surface area contributed by atoms with Crippen molar-refractivity contribution < 1.29 is 14.3 Å². The van der Waals surface area contributed by atoms with E-state index in [0.717, 1.165) is 0 Å². The molecule has 4 heterocycles. The number of hydrogen-bond donors (Lipinski definition) is 1. The molecule has 9 nitrogen and oxygen atoms in total. The Kier molecular flexibility index (Phi) is 5.13. The molecule has 2 amide bonds. The van der Waals surface area contributed by atoms with E-state index in [2.05, 4.69) is 20.4 Å². The normalized spacial score (nSPS) is 14.1. The Bertz CT molecular complexity index is 1050. The molecule has 1 aliphatic heterocycles. The molecule has 10 heteroatoms. The summed E-state index contributed by atoms with van der Waals surface area (Å²) in [5.41, 5.74) is 0.496. The van der Waals surface area contributed by atoms with Gasteiger partial charge in [-0.3, -0.25) is 14.5 Å². The van der Waals surface area contributed by atoms with Gasteiger partial charge in [-0.25, -0.2) is 14.6 Å². The van der Waals surface area contributed by atoms with E-state index in [-0.39, 0.29) is 18.4 Å². The van der Waals surface area contributed by atoms with Crippen LogP contribution in [0.5, 0.6) is 5.75 Å². The van der Waals surface area contributed by atoms with Crippen LogP contribution in [0.3, 0.4) is 0 Å². The zero-order valence-corrected chi connectivity index (χ0v) is 16.2. The van der Waals surface area contributed by atoms with E-state index < -0.39 is 6.10 Å². The van der Waals surface area contributed by atoms with Gasteiger partial charge in [-0.15, -0.1) is 0 Å². The summed E-state index contributed by atoms with van der Waals surface area (Å²) in [4.78, 5) is 34.9. The predicted molar refractivity (Wildman–Crippen MR) is 106 cm³/mol. The molecule has 4 rings (SSSR count). The summed E-state index contributed by atoms with van der Waals surface area (Å²) in [6.07, 6.45) is 5.85. The van der Waals surface area contributed by atoms with E-state index in [0.29, 0.717) is 34.5 Å². The maximum atomic E-state index is 13.1. The highest BCUT2D eigenvalue weighted by Crippen LogP contribution is 2.27. The largest absolute Gasteiger partial charge is 0.479 e. The summed E-state index contributed by atoms with van der Waals surface area (Å²) >= 11 is 5.87. The number of rotatable bonds is 5. The van der Waals surface area contributed by atoms with Crippen LogP contribution < -0.4 is 15.0 Å². The lowest BCUT2D eigenvalue weighted by Crippen LogP contribution is -2.48. The summed E-state index contributed by atoms with van der Waals surface area (Å²) in [7, 11) is 0. The van der Waals surface area contributed by atoms with E-state index in [1.54, 1.807) is 36.7 Å². The Morgan fingerprint density at radius 2 is 2.17 bits per heavy atom. The molecule has 29 heavy (non-hydrogen) atoms. The van der Waals surface area contributed by atoms with E-state index in [9.17, 15) is 9.59 Å². The van der Waals surface area contributed by atoms with Crippen molar-refractivity contribution in [2.24, 2.45) is 0 Å². The molecule has 0 saturated carbocycles. The standard InChI is InChI=1S/C19H17ClN6O3/c1-2-15(19(28)25-11-17(27)24-14-4-3-7-21-18(14)25)29-13-5-6-16(22-9-13)26-10-12(20)8-23-26/h3-10,15H,2,11H2,1H3,(H,24,27). The molecule has 148 valence electrons. The van der Waals surface area contributed by atoms with Crippen LogP contribution in [0.4, 0.5) is 11.5 Å². The second-order valence-corrected chi connectivity index (χ2v) is 6.75. The number of fused-ring (bicyclic) bond motifs is 1. The van der Waals surface area contributed by atoms with Gasteiger partial charge in [0.1, 0.15) is 12.3 Å². The average molecular weight is 413 g/mol. The number of anilines is 2. The van der Waals surface area contributed by atoms with Gasteiger partial charge in [-0.2, -0.15) is 5.10 Å². The van der Waals surface area contributed by atoms with E-state index in [1.165, 1.54) is 22.0 Å². The molecular formula is C19H17ClN6O3. The van der Waals surface area contributed by atoms with Crippen molar-refractivity contribution in [3.8, 4) is 11.6 Å². The number of nitrogens with zero attached hydrogens (tertiary/aromatic N) is 5. The van der Waals surface area contributed by atoms with Crippen LogP contribution in [-0.4, -0.2) is 44.2 Å². The first-order chi connectivity index (χ1) is 14.0. The number of nitrogens with one attached hydrogen (secondary N) is 1. The Labute approximate surface area is 171 Å². The quantitative estimate of drug-likeness (QED) is 0.690. The molecule has 0 saturated heterocycles. The van der Waals surface area contributed by atoms with Gasteiger partial charge in [0.05, 0.1) is 29.3 Å². The van der Waals surface area contributed by atoms with Crippen LogP contribution in [-0.2, 0) is 9.59 Å². The maximum absolute atomic E-state index is 13.1.